The number of H-pyrrole nitrogens is 1. The fourth-order valence-electron chi connectivity index (χ4n) is 9.69. The van der Waals surface area contributed by atoms with Crippen molar-refractivity contribution in [3.63, 3.8) is 0 Å². The number of benzene rings is 2. The highest BCUT2D eigenvalue weighted by Crippen LogP contribution is 2.66. The van der Waals surface area contributed by atoms with Crippen LogP contribution in [0.15, 0.2) is 98.1 Å². The van der Waals surface area contributed by atoms with Gasteiger partial charge in [-0.05, 0) is 81.5 Å². The van der Waals surface area contributed by atoms with Crippen molar-refractivity contribution in [3.05, 3.63) is 116 Å². The molecule has 83 heavy (non-hydrogen) atoms. The van der Waals surface area contributed by atoms with Gasteiger partial charge >= 0.3 is 29.2 Å². The quantitative estimate of drug-likeness (QED) is 0.0134. The minimum absolute atomic E-state index is 0.123. The Labute approximate surface area is 477 Å². The molecule has 1 aromatic heterocycles. The molecule has 3 aliphatic rings. The van der Waals surface area contributed by atoms with E-state index in [1.165, 1.54) is 24.3 Å². The first kappa shape index (κ1) is 66.6. The Hall–Kier alpha value is -5.54. The molecule has 2 amide bonds. The Balaban J connectivity index is 0.911. The Morgan fingerprint density at radius 1 is 0.831 bits per heavy atom. The van der Waals surface area contributed by atoms with Crippen LogP contribution < -0.4 is 26.8 Å². The predicted octanol–water partition coefficient (Wildman–Crippen LogP) is 4.23. The molecule has 1 fully saturated rings. The van der Waals surface area contributed by atoms with E-state index >= 15 is 0 Å². The lowest BCUT2D eigenvalue weighted by Gasteiger charge is -2.27. The second kappa shape index (κ2) is 26.8. The number of ether oxygens (including phenoxy) is 1. The predicted molar refractivity (Wildman–Crippen MR) is 299 cm³/mol. The van der Waals surface area contributed by atoms with Crippen LogP contribution in [0.2, 0.25) is 0 Å². The highest BCUT2D eigenvalue weighted by molar-refractivity contribution is 7.86. The molecule has 10 N–H and O–H groups in total. The smallest absolute Gasteiger partial charge is 0.390 e. The molecule has 6 rings (SSSR count). The third kappa shape index (κ3) is 17.8. The van der Waals surface area contributed by atoms with Gasteiger partial charge in [0.1, 0.15) is 24.9 Å². The van der Waals surface area contributed by atoms with Crippen molar-refractivity contribution in [2.24, 2.45) is 0 Å². The zero-order valence-corrected chi connectivity index (χ0v) is 49.9. The molecule has 28 nitrogen and oxygen atoms in total. The standard InChI is InChI=1S/C50H65N6O22P3S2/c1-49(2)36-28-34(82(69,70)71)21-23-38(36)54(5)42(49)17-9-6-10-18-43-50(3,4)37-29-35(83(72,73)74)22-24-39(37)55(43)27-14-8-12-20-44(58)51-25-13-7-11-19-45(59)52-26-15-16-33-31-56(48(61)53-47(33)60)46-30-40(57)41(76-46)32-75-80(65,66)78-81(67,68)77-79(62,63)64/h6,9-10,17-18,21-24,28-29,31,40-41,46,57H,7-8,11-14,19-20,25-27,30,32H2,1-5H3,(H8-,51,52,53,58,59,60,61,62,63,64,65,66,67,68,69,70,71,72,73,74)/p+1/t40-,41-,46-/m1/s1. The van der Waals surface area contributed by atoms with Gasteiger partial charge < -0.3 is 45.0 Å². The van der Waals surface area contributed by atoms with E-state index in [2.05, 4.69) is 40.5 Å². The van der Waals surface area contributed by atoms with Crippen molar-refractivity contribution in [1.82, 2.24) is 20.2 Å². The first-order valence-electron chi connectivity index (χ1n) is 25.7. The molecule has 0 aliphatic carbocycles. The molecular formula is C50H66N6O22P3S2+. The number of aromatic amines is 1. The summed E-state index contributed by atoms with van der Waals surface area (Å²) in [6.07, 6.45) is 10.1. The summed E-state index contributed by atoms with van der Waals surface area (Å²) in [6.45, 7) is 7.65. The molecule has 0 bridgehead atoms. The molecule has 1 saturated heterocycles. The third-order valence-corrected chi connectivity index (χ3v) is 19.3. The number of hydrogen-bond acceptors (Lipinski definition) is 17. The minimum Gasteiger partial charge on any atom is -0.390 e. The zero-order valence-electron chi connectivity index (χ0n) is 45.6. The molecule has 0 spiro atoms. The molecule has 4 heterocycles. The lowest BCUT2D eigenvalue weighted by molar-refractivity contribution is -0.401. The summed E-state index contributed by atoms with van der Waals surface area (Å²) in [5, 5.41) is 15.9. The van der Waals surface area contributed by atoms with E-state index in [9.17, 15) is 73.7 Å². The van der Waals surface area contributed by atoms with Gasteiger partial charge in [-0.3, -0.25) is 37.6 Å². The van der Waals surface area contributed by atoms with Gasteiger partial charge in [0.15, 0.2) is 5.71 Å². The van der Waals surface area contributed by atoms with E-state index in [-0.39, 0.29) is 53.0 Å². The lowest BCUT2D eigenvalue weighted by atomic mass is 9.81. The van der Waals surface area contributed by atoms with E-state index in [0.29, 0.717) is 57.2 Å². The molecule has 2 aromatic carbocycles. The SMILES string of the molecule is C[N+]1=C(/C=C/C=C/C=C2/N(CCCCCC(=O)NCCCCCC(=O)NCC#Cc3cn([C@H]4C[C@@H](O)[C@@H](COP(=O)(O)OP(=O)(O)OP(=O)(O)O)O4)c(=O)[nH]c3=O)c3ccc(S(=O)(=O)O)cc3C2(C)C)C(C)(C)c2cc(S(=O)(=O)O)ccc21. The number of nitrogens with zero attached hydrogens (tertiary/aromatic N) is 3. The topological polar surface area (TPSA) is 417 Å². The number of nitrogens with one attached hydrogen (secondary N) is 3. The minimum atomic E-state index is -5.80. The largest absolute Gasteiger partial charge is 0.490 e. The van der Waals surface area contributed by atoms with E-state index in [0.717, 1.165) is 39.1 Å². The Kier molecular flexibility index (Phi) is 21.5. The van der Waals surface area contributed by atoms with Crippen LogP contribution in [0.4, 0.5) is 11.4 Å². The number of anilines is 1. The van der Waals surface area contributed by atoms with Crippen molar-refractivity contribution < 1.29 is 96.4 Å². The number of phosphoric ester groups is 1. The van der Waals surface area contributed by atoms with E-state index < -0.39 is 90.8 Å². The summed E-state index contributed by atoms with van der Waals surface area (Å²) >= 11 is 0. The second-order valence-electron chi connectivity index (χ2n) is 20.5. The molecule has 3 aromatic rings. The van der Waals surface area contributed by atoms with Crippen LogP contribution in [-0.2, 0) is 72.2 Å². The maximum Gasteiger partial charge on any atom is 0.490 e. The van der Waals surface area contributed by atoms with Crippen molar-refractivity contribution in [3.8, 4) is 11.8 Å². The summed E-state index contributed by atoms with van der Waals surface area (Å²) in [5.41, 5.74) is 1.48. The van der Waals surface area contributed by atoms with Gasteiger partial charge in [0.25, 0.3) is 25.8 Å². The fourth-order valence-corrected chi connectivity index (χ4v) is 13.7. The second-order valence-corrected chi connectivity index (χ2v) is 27.8. The normalized spacial score (nSPS) is 20.5. The third-order valence-electron chi connectivity index (χ3n) is 13.8. The Bertz CT molecular complexity index is 3690. The van der Waals surface area contributed by atoms with Crippen LogP contribution in [0.25, 0.3) is 0 Å². The van der Waals surface area contributed by atoms with Gasteiger partial charge in [-0.25, -0.2) is 18.5 Å². The summed E-state index contributed by atoms with van der Waals surface area (Å²) < 4.78 is 122. The Morgan fingerprint density at radius 3 is 2.11 bits per heavy atom. The Morgan fingerprint density at radius 2 is 1.46 bits per heavy atom. The number of carbonyl (C=O) groups excluding carboxylic acids is 2. The number of hydrogen-bond donors (Lipinski definition) is 10. The lowest BCUT2D eigenvalue weighted by Crippen LogP contribution is -2.33. The van der Waals surface area contributed by atoms with Gasteiger partial charge in [0.2, 0.25) is 17.5 Å². The highest BCUT2D eigenvalue weighted by atomic mass is 32.2. The van der Waals surface area contributed by atoms with Crippen molar-refractivity contribution in [2.75, 3.05) is 38.2 Å². The maximum atomic E-state index is 12.7. The number of aliphatic hydroxyl groups excluding tert-OH is 1. The number of rotatable bonds is 26. The van der Waals surface area contributed by atoms with Gasteiger partial charge in [-0.2, -0.15) is 30.0 Å². The average Bonchev–Trinajstić information content (AvgIpc) is 1.86. The molecule has 454 valence electrons. The van der Waals surface area contributed by atoms with Gasteiger partial charge in [0, 0.05) is 73.1 Å². The van der Waals surface area contributed by atoms with E-state index in [1.807, 2.05) is 74.7 Å². The molecule has 33 heteroatoms. The van der Waals surface area contributed by atoms with Gasteiger partial charge in [0.05, 0.1) is 34.5 Å². The van der Waals surface area contributed by atoms with Crippen LogP contribution in [0.3, 0.4) is 0 Å². The van der Waals surface area contributed by atoms with E-state index in [4.69, 9.17) is 14.5 Å². The zero-order chi connectivity index (χ0) is 61.5. The molecule has 0 radical (unpaired) electrons. The average molecular weight is 1260 g/mol. The molecule has 0 saturated carbocycles. The van der Waals surface area contributed by atoms with Crippen LogP contribution in [0.1, 0.15) is 108 Å². The highest BCUT2D eigenvalue weighted by Gasteiger charge is 2.45. The number of fused-ring (bicyclic) bond motifs is 2. The molecular weight excluding hydrogens is 1190 g/mol. The molecule has 5 atom stereocenters. The molecule has 2 unspecified atom stereocenters. The summed E-state index contributed by atoms with van der Waals surface area (Å²) in [4.78, 5) is 90.4. The maximum absolute atomic E-state index is 12.7. The fraction of sp³-hybridized carbons (Fsp3) is 0.460. The number of allylic oxidation sites excluding steroid dienone is 6. The van der Waals surface area contributed by atoms with E-state index in [1.54, 1.807) is 12.1 Å². The van der Waals surface area contributed by atoms with Crippen LogP contribution in [0.5, 0.6) is 0 Å². The van der Waals surface area contributed by atoms with Gasteiger partial charge in [-0.1, -0.05) is 56.8 Å². The monoisotopic (exact) mass is 1260 g/mol. The van der Waals surface area contributed by atoms with Crippen LogP contribution in [0, 0.1) is 11.8 Å². The summed E-state index contributed by atoms with van der Waals surface area (Å²) in [5.74, 6) is 4.67. The first-order valence-corrected chi connectivity index (χ1v) is 33.1. The number of unbranched alkanes of at least 4 members (excludes halogenated alkanes) is 4. The summed E-state index contributed by atoms with van der Waals surface area (Å²) in [6, 6.07) is 9.03. The molecule has 3 aliphatic heterocycles. The summed E-state index contributed by atoms with van der Waals surface area (Å²) in [7, 11) is -24.0. The van der Waals surface area contributed by atoms with Crippen LogP contribution >= 0.6 is 23.5 Å². The number of aromatic nitrogens is 2. The number of carbonyl (C=O) groups is 2. The van der Waals surface area contributed by atoms with Crippen molar-refractivity contribution >= 4 is 72.6 Å². The number of amides is 2. The number of aliphatic hydroxyl groups is 1. The van der Waals surface area contributed by atoms with Crippen molar-refractivity contribution in [2.45, 2.75) is 125 Å². The van der Waals surface area contributed by atoms with Crippen LogP contribution in [-0.4, -0.2) is 128 Å². The number of phosphoric acid groups is 3. The first-order chi connectivity index (χ1) is 38.5. The van der Waals surface area contributed by atoms with Crippen molar-refractivity contribution in [1.29, 1.82) is 0 Å². The van der Waals surface area contributed by atoms with Gasteiger partial charge in [-0.15, -0.1) is 0 Å².